The Balaban J connectivity index is 2.77. The van der Waals surface area contributed by atoms with Crippen LogP contribution in [0.1, 0.15) is 27.2 Å². The molecule has 64 valence electrons. The Morgan fingerprint density at radius 1 is 1.55 bits per heavy atom. The van der Waals surface area contributed by atoms with E-state index in [1.165, 1.54) is 13.0 Å². The Labute approximate surface area is 70.1 Å². The highest BCUT2D eigenvalue weighted by atomic mass is 15.1. The van der Waals surface area contributed by atoms with E-state index in [1.54, 1.807) is 5.57 Å². The largest absolute Gasteiger partial charge is 0.302 e. The lowest BCUT2D eigenvalue weighted by Gasteiger charge is -2.36. The lowest BCUT2D eigenvalue weighted by atomic mass is 9.80. The van der Waals surface area contributed by atoms with E-state index in [0.717, 1.165) is 6.54 Å². The van der Waals surface area contributed by atoms with Crippen LogP contribution in [0.4, 0.5) is 0 Å². The van der Waals surface area contributed by atoms with Gasteiger partial charge in [-0.05, 0) is 18.9 Å². The molecular weight excluding hydrogens is 134 g/mol. The van der Waals surface area contributed by atoms with Crippen LogP contribution >= 0.6 is 0 Å². The normalized spacial score (nSPS) is 24.9. The Hall–Kier alpha value is -0.300. The quantitative estimate of drug-likeness (QED) is 0.522. The summed E-state index contributed by atoms with van der Waals surface area (Å²) in [4.78, 5) is 2.37. The lowest BCUT2D eigenvalue weighted by molar-refractivity contribution is 0.235. The SMILES string of the molecule is CCC1=CCN(C)CC1(C)C. The number of hydrogen-bond acceptors (Lipinski definition) is 1. The molecular formula is C10H19N. The van der Waals surface area contributed by atoms with Crippen LogP contribution in [-0.4, -0.2) is 25.0 Å². The van der Waals surface area contributed by atoms with Crippen LogP contribution < -0.4 is 0 Å². The summed E-state index contributed by atoms with van der Waals surface area (Å²) < 4.78 is 0. The molecule has 0 saturated heterocycles. The van der Waals surface area contributed by atoms with Crippen LogP contribution in [0.5, 0.6) is 0 Å². The van der Waals surface area contributed by atoms with E-state index in [9.17, 15) is 0 Å². The molecule has 0 N–H and O–H groups in total. The smallest absolute Gasteiger partial charge is 0.0163 e. The summed E-state index contributed by atoms with van der Waals surface area (Å²) in [5.41, 5.74) is 2.03. The Kier molecular flexibility index (Phi) is 2.38. The minimum absolute atomic E-state index is 0.405. The van der Waals surface area contributed by atoms with E-state index in [-0.39, 0.29) is 0 Å². The summed E-state index contributed by atoms with van der Waals surface area (Å²) in [7, 11) is 2.19. The highest BCUT2D eigenvalue weighted by Crippen LogP contribution is 2.31. The monoisotopic (exact) mass is 153 g/mol. The fraction of sp³-hybridized carbons (Fsp3) is 0.800. The highest BCUT2D eigenvalue weighted by Gasteiger charge is 2.26. The molecule has 0 amide bonds. The fourth-order valence-corrected chi connectivity index (χ4v) is 2.01. The first kappa shape index (κ1) is 8.79. The molecule has 0 saturated carbocycles. The third-order valence-electron chi connectivity index (χ3n) is 2.56. The van der Waals surface area contributed by atoms with Crippen LogP contribution in [0.15, 0.2) is 11.6 Å². The molecule has 0 aromatic heterocycles. The molecule has 0 fully saturated rings. The average Bonchev–Trinajstić information content (AvgIpc) is 1.85. The minimum atomic E-state index is 0.405. The van der Waals surface area contributed by atoms with Gasteiger partial charge in [-0.2, -0.15) is 0 Å². The zero-order valence-electron chi connectivity index (χ0n) is 8.15. The molecule has 1 heterocycles. The molecule has 0 atom stereocenters. The van der Waals surface area contributed by atoms with Crippen LogP contribution in [0.3, 0.4) is 0 Å². The van der Waals surface area contributed by atoms with Gasteiger partial charge < -0.3 is 4.90 Å². The van der Waals surface area contributed by atoms with Crippen LogP contribution in [-0.2, 0) is 0 Å². The lowest BCUT2D eigenvalue weighted by Crippen LogP contribution is -2.37. The molecule has 0 spiro atoms. The Morgan fingerprint density at radius 2 is 2.18 bits per heavy atom. The van der Waals surface area contributed by atoms with E-state index < -0.39 is 0 Å². The van der Waals surface area contributed by atoms with Crippen molar-refractivity contribution >= 4 is 0 Å². The van der Waals surface area contributed by atoms with Gasteiger partial charge in [-0.3, -0.25) is 0 Å². The minimum Gasteiger partial charge on any atom is -0.302 e. The number of rotatable bonds is 1. The first-order valence-electron chi connectivity index (χ1n) is 4.44. The van der Waals surface area contributed by atoms with E-state index in [2.05, 4.69) is 38.8 Å². The van der Waals surface area contributed by atoms with E-state index >= 15 is 0 Å². The molecule has 11 heavy (non-hydrogen) atoms. The maximum atomic E-state index is 2.38. The summed E-state index contributed by atoms with van der Waals surface area (Å²) >= 11 is 0. The third-order valence-corrected chi connectivity index (χ3v) is 2.56. The van der Waals surface area contributed by atoms with Gasteiger partial charge in [-0.1, -0.05) is 32.4 Å². The van der Waals surface area contributed by atoms with Gasteiger partial charge in [-0.25, -0.2) is 0 Å². The van der Waals surface area contributed by atoms with Crippen molar-refractivity contribution in [2.45, 2.75) is 27.2 Å². The van der Waals surface area contributed by atoms with Gasteiger partial charge in [0.15, 0.2) is 0 Å². The van der Waals surface area contributed by atoms with Gasteiger partial charge in [0.05, 0.1) is 0 Å². The van der Waals surface area contributed by atoms with E-state index in [0.29, 0.717) is 5.41 Å². The third kappa shape index (κ3) is 1.84. The summed E-state index contributed by atoms with van der Waals surface area (Å²) in [6.07, 6.45) is 3.59. The fourth-order valence-electron chi connectivity index (χ4n) is 2.01. The molecule has 1 nitrogen and oxygen atoms in total. The second-order valence-electron chi connectivity index (χ2n) is 4.16. The number of likely N-dealkylation sites (N-methyl/N-ethyl adjacent to an activating group) is 1. The second kappa shape index (κ2) is 2.98. The predicted molar refractivity (Wildman–Crippen MR) is 49.7 cm³/mol. The average molecular weight is 153 g/mol. The molecule has 1 aliphatic heterocycles. The molecule has 0 bridgehead atoms. The topological polar surface area (TPSA) is 3.24 Å². The summed E-state index contributed by atoms with van der Waals surface area (Å²) in [6, 6.07) is 0. The molecule has 1 rings (SSSR count). The van der Waals surface area contributed by atoms with Crippen molar-refractivity contribution in [3.63, 3.8) is 0 Å². The zero-order chi connectivity index (χ0) is 8.48. The Morgan fingerprint density at radius 3 is 2.64 bits per heavy atom. The molecule has 0 unspecified atom stereocenters. The Bertz CT molecular complexity index is 168. The van der Waals surface area contributed by atoms with Gasteiger partial charge in [0.1, 0.15) is 0 Å². The summed E-state index contributed by atoms with van der Waals surface area (Å²) in [5.74, 6) is 0. The van der Waals surface area contributed by atoms with Gasteiger partial charge >= 0.3 is 0 Å². The van der Waals surface area contributed by atoms with Gasteiger partial charge in [0.25, 0.3) is 0 Å². The van der Waals surface area contributed by atoms with Crippen LogP contribution in [0, 0.1) is 5.41 Å². The summed E-state index contributed by atoms with van der Waals surface area (Å²) in [5, 5.41) is 0. The van der Waals surface area contributed by atoms with Crippen molar-refractivity contribution in [3.05, 3.63) is 11.6 Å². The van der Waals surface area contributed by atoms with Crippen molar-refractivity contribution in [2.75, 3.05) is 20.1 Å². The van der Waals surface area contributed by atoms with E-state index in [4.69, 9.17) is 0 Å². The van der Waals surface area contributed by atoms with Crippen molar-refractivity contribution < 1.29 is 0 Å². The molecule has 0 aromatic rings. The number of hydrogen-bond donors (Lipinski definition) is 0. The van der Waals surface area contributed by atoms with E-state index in [1.807, 2.05) is 0 Å². The predicted octanol–water partition coefficient (Wildman–Crippen LogP) is 2.29. The summed E-state index contributed by atoms with van der Waals surface area (Å²) in [6.45, 7) is 9.24. The molecule has 0 aliphatic carbocycles. The molecule has 1 heteroatoms. The standard InChI is InChI=1S/C10H19N/c1-5-9-6-7-11(4)8-10(9,2)3/h6H,5,7-8H2,1-4H3. The second-order valence-corrected chi connectivity index (χ2v) is 4.16. The van der Waals surface area contributed by atoms with Crippen molar-refractivity contribution in [2.24, 2.45) is 5.41 Å². The van der Waals surface area contributed by atoms with Crippen molar-refractivity contribution in [3.8, 4) is 0 Å². The first-order valence-corrected chi connectivity index (χ1v) is 4.44. The first-order chi connectivity index (χ1) is 5.06. The number of nitrogens with zero attached hydrogens (tertiary/aromatic N) is 1. The van der Waals surface area contributed by atoms with Gasteiger partial charge in [0.2, 0.25) is 0 Å². The maximum Gasteiger partial charge on any atom is 0.0163 e. The molecule has 1 aliphatic rings. The zero-order valence-corrected chi connectivity index (χ0v) is 8.15. The van der Waals surface area contributed by atoms with Crippen molar-refractivity contribution in [1.29, 1.82) is 0 Å². The highest BCUT2D eigenvalue weighted by molar-refractivity contribution is 5.16. The van der Waals surface area contributed by atoms with Gasteiger partial charge in [0, 0.05) is 13.1 Å². The van der Waals surface area contributed by atoms with Crippen molar-refractivity contribution in [1.82, 2.24) is 4.90 Å². The molecule has 0 radical (unpaired) electrons. The molecule has 0 aromatic carbocycles. The van der Waals surface area contributed by atoms with Crippen LogP contribution in [0.2, 0.25) is 0 Å². The van der Waals surface area contributed by atoms with Gasteiger partial charge in [-0.15, -0.1) is 0 Å². The van der Waals surface area contributed by atoms with Crippen LogP contribution in [0.25, 0.3) is 0 Å². The maximum absolute atomic E-state index is 2.38.